The minimum absolute atomic E-state index is 0.242. The standard InChI is InChI=1S/C10H12OS/c1-6-3-4-9-8(10(6)11)5-7(2)12-9/h5-6H,3-4H2,1-2H3. The van der Waals surface area contributed by atoms with Crippen LogP contribution >= 0.6 is 11.3 Å². The average Bonchev–Trinajstić information content (AvgIpc) is 2.39. The molecule has 0 saturated carbocycles. The molecular weight excluding hydrogens is 168 g/mol. The quantitative estimate of drug-likeness (QED) is 0.600. The number of hydrogen-bond donors (Lipinski definition) is 0. The lowest BCUT2D eigenvalue weighted by Crippen LogP contribution is -2.17. The van der Waals surface area contributed by atoms with Crippen LogP contribution in [0.3, 0.4) is 0 Å². The molecule has 0 aliphatic heterocycles. The van der Waals surface area contributed by atoms with Gasteiger partial charge in [-0.05, 0) is 25.8 Å². The van der Waals surface area contributed by atoms with Crippen LogP contribution < -0.4 is 0 Å². The molecule has 0 saturated heterocycles. The van der Waals surface area contributed by atoms with Crippen molar-refractivity contribution in [2.24, 2.45) is 5.92 Å². The van der Waals surface area contributed by atoms with Crippen LogP contribution in [0.15, 0.2) is 6.07 Å². The van der Waals surface area contributed by atoms with Gasteiger partial charge in [0, 0.05) is 21.2 Å². The van der Waals surface area contributed by atoms with E-state index in [1.165, 1.54) is 9.75 Å². The molecule has 1 aliphatic rings. The fraction of sp³-hybridized carbons (Fsp3) is 0.500. The minimum atomic E-state index is 0.242. The molecule has 1 aromatic heterocycles. The Morgan fingerprint density at radius 1 is 1.58 bits per heavy atom. The van der Waals surface area contributed by atoms with Gasteiger partial charge in [-0.2, -0.15) is 0 Å². The molecule has 0 bridgehead atoms. The van der Waals surface area contributed by atoms with E-state index in [1.54, 1.807) is 11.3 Å². The van der Waals surface area contributed by atoms with Crippen molar-refractivity contribution in [3.63, 3.8) is 0 Å². The van der Waals surface area contributed by atoms with Gasteiger partial charge < -0.3 is 0 Å². The summed E-state index contributed by atoms with van der Waals surface area (Å²) in [5.74, 6) is 0.590. The Kier molecular flexibility index (Phi) is 1.80. The SMILES string of the molecule is Cc1cc2c(s1)CCC(C)C2=O. The maximum atomic E-state index is 11.6. The van der Waals surface area contributed by atoms with Crippen LogP contribution in [0.4, 0.5) is 0 Å². The van der Waals surface area contributed by atoms with E-state index in [4.69, 9.17) is 0 Å². The molecule has 1 aliphatic carbocycles. The van der Waals surface area contributed by atoms with E-state index < -0.39 is 0 Å². The Morgan fingerprint density at radius 2 is 2.33 bits per heavy atom. The van der Waals surface area contributed by atoms with Crippen molar-refractivity contribution >= 4 is 17.1 Å². The second-order valence-corrected chi connectivity index (χ2v) is 4.84. The number of carbonyl (C=O) groups excluding carboxylic acids is 1. The van der Waals surface area contributed by atoms with Gasteiger partial charge in [-0.15, -0.1) is 11.3 Å². The number of thiophene rings is 1. The zero-order valence-corrected chi connectivity index (χ0v) is 8.20. The van der Waals surface area contributed by atoms with Gasteiger partial charge in [0.15, 0.2) is 5.78 Å². The number of fused-ring (bicyclic) bond motifs is 1. The van der Waals surface area contributed by atoms with Gasteiger partial charge in [0.25, 0.3) is 0 Å². The number of rotatable bonds is 0. The summed E-state index contributed by atoms with van der Waals surface area (Å²) in [4.78, 5) is 14.2. The molecule has 64 valence electrons. The number of ketones is 1. The first kappa shape index (κ1) is 7.99. The van der Waals surface area contributed by atoms with E-state index in [9.17, 15) is 4.79 Å². The van der Waals surface area contributed by atoms with Gasteiger partial charge >= 0.3 is 0 Å². The van der Waals surface area contributed by atoms with E-state index in [0.717, 1.165) is 18.4 Å². The smallest absolute Gasteiger partial charge is 0.166 e. The maximum absolute atomic E-state index is 11.6. The summed E-state index contributed by atoms with van der Waals surface area (Å²) in [6.07, 6.45) is 2.13. The summed E-state index contributed by atoms with van der Waals surface area (Å²) < 4.78 is 0. The first-order chi connectivity index (χ1) is 5.68. The Bertz CT molecular complexity index is 325. The molecule has 0 radical (unpaired) electrons. The normalized spacial score (nSPS) is 22.5. The molecular formula is C10H12OS. The molecule has 0 fully saturated rings. The monoisotopic (exact) mass is 180 g/mol. The Hall–Kier alpha value is -0.630. The maximum Gasteiger partial charge on any atom is 0.166 e. The van der Waals surface area contributed by atoms with Crippen molar-refractivity contribution in [3.05, 3.63) is 21.4 Å². The number of hydrogen-bond acceptors (Lipinski definition) is 2. The molecule has 0 spiro atoms. The molecule has 1 nitrogen and oxygen atoms in total. The number of carbonyl (C=O) groups is 1. The zero-order valence-electron chi connectivity index (χ0n) is 7.39. The van der Waals surface area contributed by atoms with Crippen LogP contribution in [0.5, 0.6) is 0 Å². The molecule has 0 N–H and O–H groups in total. The van der Waals surface area contributed by atoms with Crippen LogP contribution in [0, 0.1) is 12.8 Å². The topological polar surface area (TPSA) is 17.1 Å². The highest BCUT2D eigenvalue weighted by atomic mass is 32.1. The van der Waals surface area contributed by atoms with Gasteiger partial charge in [-0.25, -0.2) is 0 Å². The van der Waals surface area contributed by atoms with Crippen molar-refractivity contribution in [1.82, 2.24) is 0 Å². The van der Waals surface area contributed by atoms with E-state index in [-0.39, 0.29) is 5.92 Å². The molecule has 2 heteroatoms. The summed E-state index contributed by atoms with van der Waals surface area (Å²) in [5.41, 5.74) is 0.997. The Balaban J connectivity index is 2.48. The summed E-state index contributed by atoms with van der Waals surface area (Å²) >= 11 is 1.78. The van der Waals surface area contributed by atoms with Crippen molar-refractivity contribution in [2.75, 3.05) is 0 Å². The Labute approximate surface area is 76.4 Å². The second-order valence-electron chi connectivity index (χ2n) is 3.50. The van der Waals surface area contributed by atoms with Crippen LogP contribution in [0.25, 0.3) is 0 Å². The van der Waals surface area contributed by atoms with Crippen molar-refractivity contribution < 1.29 is 4.79 Å². The molecule has 1 unspecified atom stereocenters. The molecule has 1 atom stereocenters. The molecule has 1 aromatic rings. The lowest BCUT2D eigenvalue weighted by molar-refractivity contribution is 0.0915. The number of aryl methyl sites for hydroxylation is 2. The predicted molar refractivity (Wildman–Crippen MR) is 50.9 cm³/mol. The fourth-order valence-corrected chi connectivity index (χ4v) is 2.76. The number of Topliss-reactive ketones (excluding diaryl/α,β-unsaturated/α-hetero) is 1. The predicted octanol–water partition coefficient (Wildman–Crippen LogP) is 2.82. The molecule has 0 amide bonds. The lowest BCUT2D eigenvalue weighted by Gasteiger charge is -2.15. The molecule has 2 rings (SSSR count). The highest BCUT2D eigenvalue weighted by Gasteiger charge is 2.25. The van der Waals surface area contributed by atoms with Gasteiger partial charge in [0.1, 0.15) is 0 Å². The first-order valence-corrected chi connectivity index (χ1v) is 5.13. The highest BCUT2D eigenvalue weighted by molar-refractivity contribution is 7.12. The van der Waals surface area contributed by atoms with Crippen molar-refractivity contribution in [2.45, 2.75) is 26.7 Å². The third kappa shape index (κ3) is 1.11. The van der Waals surface area contributed by atoms with Gasteiger partial charge in [0.2, 0.25) is 0 Å². The molecule has 12 heavy (non-hydrogen) atoms. The zero-order chi connectivity index (χ0) is 8.72. The van der Waals surface area contributed by atoms with Crippen LogP contribution in [-0.4, -0.2) is 5.78 Å². The first-order valence-electron chi connectivity index (χ1n) is 4.32. The largest absolute Gasteiger partial charge is 0.294 e. The fourth-order valence-electron chi connectivity index (χ4n) is 1.70. The van der Waals surface area contributed by atoms with Crippen molar-refractivity contribution in [3.8, 4) is 0 Å². The minimum Gasteiger partial charge on any atom is -0.294 e. The summed E-state index contributed by atoms with van der Waals surface area (Å²) in [5, 5.41) is 0. The van der Waals surface area contributed by atoms with Gasteiger partial charge in [-0.3, -0.25) is 4.79 Å². The molecule has 1 heterocycles. The Morgan fingerprint density at radius 3 is 3.08 bits per heavy atom. The summed E-state index contributed by atoms with van der Waals surface area (Å²) in [7, 11) is 0. The third-order valence-electron chi connectivity index (χ3n) is 2.45. The van der Waals surface area contributed by atoms with E-state index in [1.807, 2.05) is 13.0 Å². The van der Waals surface area contributed by atoms with Crippen LogP contribution in [-0.2, 0) is 6.42 Å². The highest BCUT2D eigenvalue weighted by Crippen LogP contribution is 2.31. The summed E-state index contributed by atoms with van der Waals surface area (Å²) in [6, 6.07) is 2.04. The van der Waals surface area contributed by atoms with Crippen molar-refractivity contribution in [1.29, 1.82) is 0 Å². The van der Waals surface area contributed by atoms with E-state index >= 15 is 0 Å². The third-order valence-corrected chi connectivity index (χ3v) is 3.56. The van der Waals surface area contributed by atoms with Crippen LogP contribution in [0.1, 0.15) is 33.5 Å². The second kappa shape index (κ2) is 2.70. The van der Waals surface area contributed by atoms with E-state index in [0.29, 0.717) is 5.78 Å². The average molecular weight is 180 g/mol. The summed E-state index contributed by atoms with van der Waals surface area (Å²) in [6.45, 7) is 4.10. The van der Waals surface area contributed by atoms with Gasteiger partial charge in [-0.1, -0.05) is 6.92 Å². The van der Waals surface area contributed by atoms with Gasteiger partial charge in [0.05, 0.1) is 0 Å². The van der Waals surface area contributed by atoms with E-state index in [2.05, 4.69) is 6.92 Å². The lowest BCUT2D eigenvalue weighted by atomic mass is 9.89. The molecule has 0 aromatic carbocycles. The van der Waals surface area contributed by atoms with Crippen LogP contribution in [0.2, 0.25) is 0 Å².